The number of hydrogen-bond acceptors (Lipinski definition) is 3. The van der Waals surface area contributed by atoms with Gasteiger partial charge in [0.05, 0.1) is 10.0 Å². The molecule has 118 valence electrons. The van der Waals surface area contributed by atoms with E-state index < -0.39 is 10.1 Å². The largest absolute Gasteiger partial charge is 0.378 e. The van der Waals surface area contributed by atoms with E-state index in [9.17, 15) is 8.42 Å². The average molecular weight is 367 g/mol. The van der Waals surface area contributed by atoms with Crippen molar-refractivity contribution in [2.24, 2.45) is 0 Å². The summed E-state index contributed by atoms with van der Waals surface area (Å²) in [4.78, 5) is -0.000154. The minimum atomic E-state index is -4.02. The van der Waals surface area contributed by atoms with Gasteiger partial charge in [-0.3, -0.25) is 0 Å². The molecule has 0 heterocycles. The predicted octanol–water partition coefficient (Wildman–Crippen LogP) is 5.22. The summed E-state index contributed by atoms with van der Waals surface area (Å²) in [5, 5.41) is 2.08. The summed E-state index contributed by atoms with van der Waals surface area (Å²) in [6.07, 6.45) is 0. The second-order valence-corrected chi connectivity index (χ2v) is 7.38. The Morgan fingerprint density at radius 1 is 0.913 bits per heavy atom. The van der Waals surface area contributed by atoms with E-state index >= 15 is 0 Å². The van der Waals surface area contributed by atoms with Gasteiger partial charge in [0.15, 0.2) is 5.75 Å². The molecule has 0 unspecified atom stereocenters. The van der Waals surface area contributed by atoms with E-state index in [1.165, 1.54) is 12.1 Å². The summed E-state index contributed by atoms with van der Waals surface area (Å²) in [6, 6.07) is 15.5. The number of fused-ring (bicyclic) bond motifs is 1. The first-order chi connectivity index (χ1) is 10.9. The highest BCUT2D eigenvalue weighted by Crippen LogP contribution is 2.32. The van der Waals surface area contributed by atoms with E-state index in [0.717, 1.165) is 10.8 Å². The molecule has 0 atom stereocenters. The maximum atomic E-state index is 12.6. The molecule has 0 bridgehead atoms. The van der Waals surface area contributed by atoms with Crippen LogP contribution in [-0.2, 0) is 10.1 Å². The highest BCUT2D eigenvalue weighted by molar-refractivity contribution is 7.87. The van der Waals surface area contributed by atoms with Gasteiger partial charge in [0, 0.05) is 5.39 Å². The molecule has 0 saturated heterocycles. The Morgan fingerprint density at radius 3 is 2.35 bits per heavy atom. The molecule has 23 heavy (non-hydrogen) atoms. The van der Waals surface area contributed by atoms with Crippen molar-refractivity contribution in [1.29, 1.82) is 0 Å². The van der Waals surface area contributed by atoms with Gasteiger partial charge in [0.1, 0.15) is 4.90 Å². The van der Waals surface area contributed by atoms with Gasteiger partial charge >= 0.3 is 10.1 Å². The molecular formula is C17H12Cl2O3S. The summed E-state index contributed by atoms with van der Waals surface area (Å²) in [5.41, 5.74) is 0.472. The zero-order valence-electron chi connectivity index (χ0n) is 12.1. The molecular weight excluding hydrogens is 355 g/mol. The average Bonchev–Trinajstić information content (AvgIpc) is 2.51. The minimum absolute atomic E-state index is 0.000154. The molecule has 0 aliphatic carbocycles. The van der Waals surface area contributed by atoms with Crippen molar-refractivity contribution in [3.05, 3.63) is 70.2 Å². The molecule has 0 N–H and O–H groups in total. The van der Waals surface area contributed by atoms with Crippen LogP contribution in [0.4, 0.5) is 0 Å². The number of aryl methyl sites for hydroxylation is 1. The smallest absolute Gasteiger partial charge is 0.339 e. The van der Waals surface area contributed by atoms with Crippen LogP contribution in [0.2, 0.25) is 10.0 Å². The number of halogens is 2. The Morgan fingerprint density at radius 2 is 1.57 bits per heavy atom. The molecule has 3 nitrogen and oxygen atoms in total. The van der Waals surface area contributed by atoms with Gasteiger partial charge in [0.2, 0.25) is 0 Å². The van der Waals surface area contributed by atoms with Crippen LogP contribution in [0.25, 0.3) is 10.8 Å². The van der Waals surface area contributed by atoms with E-state index in [0.29, 0.717) is 10.6 Å². The lowest BCUT2D eigenvalue weighted by Gasteiger charge is -2.12. The summed E-state index contributed by atoms with van der Waals surface area (Å²) < 4.78 is 30.6. The van der Waals surface area contributed by atoms with Crippen LogP contribution >= 0.6 is 23.2 Å². The van der Waals surface area contributed by atoms with Crippen molar-refractivity contribution in [3.8, 4) is 5.75 Å². The molecule has 0 fully saturated rings. The molecule has 0 amide bonds. The van der Waals surface area contributed by atoms with Gasteiger partial charge in [-0.1, -0.05) is 59.6 Å². The molecule has 0 saturated carbocycles. The van der Waals surface area contributed by atoms with E-state index in [1.54, 1.807) is 19.1 Å². The molecule has 0 radical (unpaired) electrons. The monoisotopic (exact) mass is 366 g/mol. The first-order valence-corrected chi connectivity index (χ1v) is 8.93. The SMILES string of the molecule is Cc1cc(Cl)c(Cl)cc1S(=O)(=O)Oc1cccc2ccccc12. The summed E-state index contributed by atoms with van der Waals surface area (Å²) in [7, 11) is -4.02. The van der Waals surface area contributed by atoms with E-state index in [1.807, 2.05) is 30.3 Å². The van der Waals surface area contributed by atoms with Crippen molar-refractivity contribution < 1.29 is 12.6 Å². The van der Waals surface area contributed by atoms with Crippen molar-refractivity contribution in [2.75, 3.05) is 0 Å². The summed E-state index contributed by atoms with van der Waals surface area (Å²) in [6.45, 7) is 1.64. The Labute approximate surface area is 144 Å². The Hall–Kier alpha value is -1.75. The topological polar surface area (TPSA) is 43.4 Å². The van der Waals surface area contributed by atoms with E-state index in [2.05, 4.69) is 0 Å². The van der Waals surface area contributed by atoms with Crippen molar-refractivity contribution in [2.45, 2.75) is 11.8 Å². The van der Waals surface area contributed by atoms with E-state index in [4.69, 9.17) is 27.4 Å². The maximum absolute atomic E-state index is 12.6. The van der Waals surface area contributed by atoms with Crippen LogP contribution in [-0.4, -0.2) is 8.42 Å². The molecule has 3 aromatic rings. The third-order valence-corrected chi connectivity index (χ3v) is 5.54. The minimum Gasteiger partial charge on any atom is -0.378 e. The third kappa shape index (κ3) is 3.15. The third-order valence-electron chi connectivity index (χ3n) is 3.44. The second-order valence-electron chi connectivity index (χ2n) is 5.05. The summed E-state index contributed by atoms with van der Waals surface area (Å²) >= 11 is 11.8. The number of rotatable bonds is 3. The summed E-state index contributed by atoms with van der Waals surface area (Å²) in [5.74, 6) is 0.272. The lowest BCUT2D eigenvalue weighted by Crippen LogP contribution is -2.11. The van der Waals surface area contributed by atoms with Crippen LogP contribution in [0.5, 0.6) is 5.75 Å². The molecule has 3 aromatic carbocycles. The lowest BCUT2D eigenvalue weighted by molar-refractivity contribution is 0.488. The second kappa shape index (κ2) is 6.04. The van der Waals surface area contributed by atoms with Crippen molar-refractivity contribution >= 4 is 44.1 Å². The van der Waals surface area contributed by atoms with Crippen LogP contribution in [0, 0.1) is 6.92 Å². The fourth-order valence-corrected chi connectivity index (χ4v) is 3.96. The predicted molar refractivity (Wildman–Crippen MR) is 93.0 cm³/mol. The van der Waals surface area contributed by atoms with Crippen LogP contribution in [0.3, 0.4) is 0 Å². The van der Waals surface area contributed by atoms with Gasteiger partial charge in [0.25, 0.3) is 0 Å². The van der Waals surface area contributed by atoms with Crippen molar-refractivity contribution in [3.63, 3.8) is 0 Å². The zero-order chi connectivity index (χ0) is 16.6. The molecule has 3 rings (SSSR count). The normalized spacial score (nSPS) is 11.6. The van der Waals surface area contributed by atoms with Gasteiger partial charge in [-0.2, -0.15) is 8.42 Å². The van der Waals surface area contributed by atoms with Crippen LogP contribution < -0.4 is 4.18 Å². The van der Waals surface area contributed by atoms with E-state index in [-0.39, 0.29) is 15.7 Å². The molecule has 0 aromatic heterocycles. The zero-order valence-corrected chi connectivity index (χ0v) is 14.4. The maximum Gasteiger partial charge on any atom is 0.339 e. The molecule has 0 aliphatic rings. The molecule has 6 heteroatoms. The van der Waals surface area contributed by atoms with Gasteiger partial charge < -0.3 is 4.18 Å². The molecule has 0 spiro atoms. The van der Waals surface area contributed by atoms with Gasteiger partial charge in [-0.05, 0) is 36.1 Å². The number of hydrogen-bond donors (Lipinski definition) is 0. The van der Waals surface area contributed by atoms with Crippen LogP contribution in [0.1, 0.15) is 5.56 Å². The lowest BCUT2D eigenvalue weighted by atomic mass is 10.1. The Kier molecular flexibility index (Phi) is 4.23. The van der Waals surface area contributed by atoms with Gasteiger partial charge in [-0.15, -0.1) is 0 Å². The molecule has 0 aliphatic heterocycles. The first-order valence-electron chi connectivity index (χ1n) is 6.76. The quantitative estimate of drug-likeness (QED) is 0.596. The number of benzene rings is 3. The Balaban J connectivity index is 2.09. The highest BCUT2D eigenvalue weighted by Gasteiger charge is 2.22. The fraction of sp³-hybridized carbons (Fsp3) is 0.0588. The van der Waals surface area contributed by atoms with Crippen LogP contribution in [0.15, 0.2) is 59.5 Å². The highest BCUT2D eigenvalue weighted by atomic mass is 35.5. The first kappa shape index (κ1) is 16.1. The fourth-order valence-electron chi connectivity index (χ4n) is 2.33. The Bertz CT molecular complexity index is 993. The van der Waals surface area contributed by atoms with Crippen molar-refractivity contribution in [1.82, 2.24) is 0 Å². The van der Waals surface area contributed by atoms with Gasteiger partial charge in [-0.25, -0.2) is 0 Å². The standard InChI is InChI=1S/C17H12Cl2O3S/c1-11-9-14(18)15(19)10-17(11)23(20,21)22-16-8-4-6-12-5-2-3-7-13(12)16/h2-10H,1H3.